The Hall–Kier alpha value is -2.86. The summed E-state index contributed by atoms with van der Waals surface area (Å²) in [4.78, 5) is 42.7. The smallest absolute Gasteiger partial charge is 0.335 e. The number of halogens is 1. The third-order valence-electron chi connectivity index (χ3n) is 6.07. The van der Waals surface area contributed by atoms with E-state index in [9.17, 15) is 14.4 Å². The molecule has 3 aliphatic heterocycles. The van der Waals surface area contributed by atoms with Crippen molar-refractivity contribution < 1.29 is 14.4 Å². The number of barbiturate groups is 1. The first-order valence-corrected chi connectivity index (χ1v) is 9.70. The molecule has 0 aliphatic carbocycles. The van der Waals surface area contributed by atoms with Gasteiger partial charge in [-0.1, -0.05) is 35.9 Å². The van der Waals surface area contributed by atoms with Crippen LogP contribution in [-0.4, -0.2) is 30.4 Å². The van der Waals surface area contributed by atoms with E-state index in [-0.39, 0.29) is 12.5 Å². The number of hydrogen-bond donors (Lipinski definition) is 1. The molecule has 0 radical (unpaired) electrons. The molecule has 2 saturated heterocycles. The lowest BCUT2D eigenvalue weighted by Gasteiger charge is -2.49. The summed E-state index contributed by atoms with van der Waals surface area (Å²) in [5.41, 5.74) is 1.05. The maximum absolute atomic E-state index is 13.8. The van der Waals surface area contributed by atoms with Gasteiger partial charge in [0.2, 0.25) is 5.91 Å². The molecule has 7 heteroatoms. The average molecular weight is 396 g/mol. The molecule has 28 heavy (non-hydrogen) atoms. The Kier molecular flexibility index (Phi) is 3.74. The zero-order valence-corrected chi connectivity index (χ0v) is 15.8. The van der Waals surface area contributed by atoms with Crippen LogP contribution in [0.5, 0.6) is 0 Å². The molecule has 0 saturated carbocycles. The van der Waals surface area contributed by atoms with Gasteiger partial charge in [0.1, 0.15) is 0 Å². The van der Waals surface area contributed by atoms with Crippen molar-refractivity contribution in [2.24, 2.45) is 5.41 Å². The highest BCUT2D eigenvalue weighted by Gasteiger charge is 2.62. The Morgan fingerprint density at radius 3 is 2.71 bits per heavy atom. The number of urea groups is 1. The minimum absolute atomic E-state index is 0.273. The number of anilines is 2. The van der Waals surface area contributed by atoms with Crippen molar-refractivity contribution in [1.82, 2.24) is 5.32 Å². The van der Waals surface area contributed by atoms with Crippen LogP contribution in [0.3, 0.4) is 0 Å². The highest BCUT2D eigenvalue weighted by molar-refractivity contribution is 6.33. The Labute approximate surface area is 167 Å². The number of benzene rings is 2. The van der Waals surface area contributed by atoms with E-state index in [1.807, 2.05) is 24.3 Å². The molecule has 2 aromatic carbocycles. The van der Waals surface area contributed by atoms with Gasteiger partial charge in [-0.2, -0.15) is 0 Å². The van der Waals surface area contributed by atoms with Gasteiger partial charge >= 0.3 is 6.03 Å². The van der Waals surface area contributed by atoms with E-state index in [1.54, 1.807) is 24.3 Å². The van der Waals surface area contributed by atoms with E-state index in [1.165, 1.54) is 0 Å². The standard InChI is InChI=1S/C21H18ClN3O3/c22-14-6-3-7-15(11-14)25-19(27)21(18(26)23-20(25)28)12-13-5-1-2-8-16(13)24-10-4-9-17(21)24/h1-3,5-8,11,17H,4,9-10,12H2,(H,23,26,28)/t17-,21+/m1/s1. The van der Waals surface area contributed by atoms with Gasteiger partial charge in [-0.05, 0) is 49.1 Å². The van der Waals surface area contributed by atoms with Crippen LogP contribution in [0.15, 0.2) is 48.5 Å². The molecule has 142 valence electrons. The van der Waals surface area contributed by atoms with Crippen LogP contribution in [0.1, 0.15) is 18.4 Å². The molecular weight excluding hydrogens is 378 g/mol. The first-order valence-electron chi connectivity index (χ1n) is 9.32. The van der Waals surface area contributed by atoms with E-state index in [0.717, 1.165) is 35.5 Å². The zero-order chi connectivity index (χ0) is 19.5. The summed E-state index contributed by atoms with van der Waals surface area (Å²) < 4.78 is 0. The number of imide groups is 2. The van der Waals surface area contributed by atoms with Gasteiger partial charge in [0, 0.05) is 17.3 Å². The van der Waals surface area contributed by atoms with Crippen molar-refractivity contribution >= 4 is 40.8 Å². The molecule has 3 aliphatic rings. The number of hydrogen-bond acceptors (Lipinski definition) is 4. The van der Waals surface area contributed by atoms with Crippen molar-refractivity contribution in [2.45, 2.75) is 25.3 Å². The lowest BCUT2D eigenvalue weighted by atomic mass is 9.68. The van der Waals surface area contributed by atoms with Crippen molar-refractivity contribution in [3.8, 4) is 0 Å². The summed E-state index contributed by atoms with van der Waals surface area (Å²) >= 11 is 6.08. The van der Waals surface area contributed by atoms with Crippen LogP contribution in [0.25, 0.3) is 0 Å². The topological polar surface area (TPSA) is 69.7 Å². The zero-order valence-electron chi connectivity index (χ0n) is 15.0. The molecule has 2 atom stereocenters. The highest BCUT2D eigenvalue weighted by Crippen LogP contribution is 2.48. The number of para-hydroxylation sites is 1. The number of carbonyl (C=O) groups excluding carboxylic acids is 3. The maximum atomic E-state index is 13.8. The minimum Gasteiger partial charge on any atom is -0.367 e. The number of carbonyl (C=O) groups is 3. The monoisotopic (exact) mass is 395 g/mol. The second kappa shape index (κ2) is 6.07. The predicted molar refractivity (Wildman–Crippen MR) is 105 cm³/mol. The summed E-state index contributed by atoms with van der Waals surface area (Å²) in [6.07, 6.45) is 1.90. The Bertz CT molecular complexity index is 1020. The van der Waals surface area contributed by atoms with Crippen LogP contribution >= 0.6 is 11.6 Å². The number of nitrogens with one attached hydrogen (secondary N) is 1. The minimum atomic E-state index is -1.33. The van der Waals surface area contributed by atoms with Gasteiger partial charge in [0.05, 0.1) is 11.7 Å². The second-order valence-electron chi connectivity index (χ2n) is 7.51. The predicted octanol–water partition coefficient (Wildman–Crippen LogP) is 3.13. The van der Waals surface area contributed by atoms with Gasteiger partial charge in [0.25, 0.3) is 5.91 Å². The van der Waals surface area contributed by atoms with E-state index >= 15 is 0 Å². The van der Waals surface area contributed by atoms with Crippen LogP contribution < -0.4 is 15.1 Å². The number of amides is 4. The van der Waals surface area contributed by atoms with Gasteiger partial charge in [-0.25, -0.2) is 9.69 Å². The van der Waals surface area contributed by atoms with Crippen LogP contribution in [0, 0.1) is 5.41 Å². The second-order valence-corrected chi connectivity index (χ2v) is 7.94. The highest BCUT2D eigenvalue weighted by atomic mass is 35.5. The van der Waals surface area contributed by atoms with Crippen molar-refractivity contribution in [3.63, 3.8) is 0 Å². The summed E-state index contributed by atoms with van der Waals surface area (Å²) in [6, 6.07) is 13.4. The Morgan fingerprint density at radius 2 is 1.89 bits per heavy atom. The van der Waals surface area contributed by atoms with E-state index in [4.69, 9.17) is 11.6 Å². The third-order valence-corrected chi connectivity index (χ3v) is 6.31. The molecule has 2 aromatic rings. The summed E-state index contributed by atoms with van der Waals surface area (Å²) in [5, 5.41) is 2.86. The van der Waals surface area contributed by atoms with Crippen LogP contribution in [0.4, 0.5) is 16.2 Å². The molecule has 2 fully saturated rings. The quantitative estimate of drug-likeness (QED) is 0.753. The Morgan fingerprint density at radius 1 is 1.07 bits per heavy atom. The van der Waals surface area contributed by atoms with E-state index in [2.05, 4.69) is 10.2 Å². The summed E-state index contributed by atoms with van der Waals surface area (Å²) in [7, 11) is 0. The lowest BCUT2D eigenvalue weighted by Crippen LogP contribution is -2.71. The molecule has 4 amide bonds. The first-order chi connectivity index (χ1) is 13.5. The molecule has 0 bridgehead atoms. The van der Waals surface area contributed by atoms with Crippen LogP contribution in [0.2, 0.25) is 5.02 Å². The van der Waals surface area contributed by atoms with Gasteiger partial charge < -0.3 is 4.90 Å². The third kappa shape index (κ3) is 2.24. The number of rotatable bonds is 1. The fourth-order valence-electron chi connectivity index (χ4n) is 4.88. The number of nitrogens with zero attached hydrogens (tertiary/aromatic N) is 2. The Balaban J connectivity index is 1.67. The van der Waals surface area contributed by atoms with Crippen molar-refractivity contribution in [2.75, 3.05) is 16.3 Å². The molecule has 0 aromatic heterocycles. The first kappa shape index (κ1) is 17.3. The maximum Gasteiger partial charge on any atom is 0.335 e. The largest absolute Gasteiger partial charge is 0.367 e. The fraction of sp³-hybridized carbons (Fsp3) is 0.286. The molecule has 6 nitrogen and oxygen atoms in total. The number of fused-ring (bicyclic) bond motifs is 4. The summed E-state index contributed by atoms with van der Waals surface area (Å²) in [6.45, 7) is 0.787. The lowest BCUT2D eigenvalue weighted by molar-refractivity contribution is -0.144. The normalized spacial score (nSPS) is 26.3. The summed E-state index contributed by atoms with van der Waals surface area (Å²) in [5.74, 6) is -0.984. The molecule has 3 heterocycles. The van der Waals surface area contributed by atoms with Crippen molar-refractivity contribution in [1.29, 1.82) is 0 Å². The van der Waals surface area contributed by atoms with Gasteiger partial charge in [-0.3, -0.25) is 14.9 Å². The molecule has 1 spiro atoms. The molecule has 0 unspecified atom stereocenters. The van der Waals surface area contributed by atoms with E-state index < -0.39 is 23.3 Å². The average Bonchev–Trinajstić information content (AvgIpc) is 3.17. The van der Waals surface area contributed by atoms with Crippen molar-refractivity contribution in [3.05, 3.63) is 59.1 Å². The van der Waals surface area contributed by atoms with E-state index in [0.29, 0.717) is 10.7 Å². The molecule has 5 rings (SSSR count). The molecule has 1 N–H and O–H groups in total. The van der Waals surface area contributed by atoms with Gasteiger partial charge in [-0.15, -0.1) is 0 Å². The molecular formula is C21H18ClN3O3. The fourth-order valence-corrected chi connectivity index (χ4v) is 5.06. The van der Waals surface area contributed by atoms with Crippen LogP contribution in [-0.2, 0) is 16.0 Å². The van der Waals surface area contributed by atoms with Gasteiger partial charge in [0.15, 0.2) is 5.41 Å². The SMILES string of the molecule is O=C1NC(=O)[C@@]2(Cc3ccccc3N3CCC[C@@H]32)C(=O)N1c1cccc(Cl)c1.